The van der Waals surface area contributed by atoms with Gasteiger partial charge in [-0.15, -0.1) is 0 Å². The van der Waals surface area contributed by atoms with Crippen LogP contribution in [0, 0.1) is 5.92 Å². The zero-order valence-electron chi connectivity index (χ0n) is 8.98. The SMILES string of the molecule is CCN(CC1CC1)c1cncc(NN)n1. The maximum atomic E-state index is 5.30. The average Bonchev–Trinajstić information content (AvgIpc) is 3.10. The summed E-state index contributed by atoms with van der Waals surface area (Å²) in [5, 5.41) is 0. The Morgan fingerprint density at radius 3 is 2.93 bits per heavy atom. The van der Waals surface area contributed by atoms with Gasteiger partial charge in [0.25, 0.3) is 0 Å². The van der Waals surface area contributed by atoms with Gasteiger partial charge in [0.15, 0.2) is 5.82 Å². The molecule has 0 spiro atoms. The number of nitrogens with two attached hydrogens (primary N) is 1. The first-order valence-corrected chi connectivity index (χ1v) is 5.37. The van der Waals surface area contributed by atoms with E-state index in [0.717, 1.165) is 24.8 Å². The molecule has 15 heavy (non-hydrogen) atoms. The van der Waals surface area contributed by atoms with Gasteiger partial charge in [0.05, 0.1) is 12.4 Å². The molecule has 82 valence electrons. The number of aromatic nitrogens is 2. The molecule has 1 heterocycles. The molecule has 0 atom stereocenters. The smallest absolute Gasteiger partial charge is 0.160 e. The fourth-order valence-electron chi connectivity index (χ4n) is 1.57. The fourth-order valence-corrected chi connectivity index (χ4v) is 1.57. The molecule has 0 bridgehead atoms. The summed E-state index contributed by atoms with van der Waals surface area (Å²) in [6.07, 6.45) is 6.10. The number of nitrogens with zero attached hydrogens (tertiary/aromatic N) is 3. The summed E-state index contributed by atoms with van der Waals surface area (Å²) in [5.41, 5.74) is 2.51. The van der Waals surface area contributed by atoms with Crippen molar-refractivity contribution in [2.24, 2.45) is 11.8 Å². The summed E-state index contributed by atoms with van der Waals surface area (Å²) >= 11 is 0. The number of hydrogen-bond donors (Lipinski definition) is 2. The molecule has 1 aromatic heterocycles. The molecule has 5 nitrogen and oxygen atoms in total. The normalized spacial score (nSPS) is 15.1. The Labute approximate surface area is 89.7 Å². The summed E-state index contributed by atoms with van der Waals surface area (Å²) < 4.78 is 0. The van der Waals surface area contributed by atoms with Gasteiger partial charge in [-0.05, 0) is 25.7 Å². The Hall–Kier alpha value is -1.36. The lowest BCUT2D eigenvalue weighted by Crippen LogP contribution is -2.26. The molecule has 0 amide bonds. The van der Waals surface area contributed by atoms with Crippen molar-refractivity contribution in [3.63, 3.8) is 0 Å². The molecular weight excluding hydrogens is 190 g/mol. The summed E-state index contributed by atoms with van der Waals surface area (Å²) in [6.45, 7) is 4.17. The zero-order valence-corrected chi connectivity index (χ0v) is 8.98. The highest BCUT2D eigenvalue weighted by molar-refractivity contribution is 5.43. The van der Waals surface area contributed by atoms with Gasteiger partial charge in [-0.25, -0.2) is 10.8 Å². The van der Waals surface area contributed by atoms with Gasteiger partial charge < -0.3 is 10.3 Å². The molecular formula is C10H17N5. The number of rotatable bonds is 5. The van der Waals surface area contributed by atoms with Crippen molar-refractivity contribution in [3.05, 3.63) is 12.4 Å². The first-order chi connectivity index (χ1) is 7.33. The van der Waals surface area contributed by atoms with Crippen LogP contribution in [0.15, 0.2) is 12.4 Å². The number of nitrogen functional groups attached to an aromatic ring is 1. The topological polar surface area (TPSA) is 67.1 Å². The van der Waals surface area contributed by atoms with E-state index in [4.69, 9.17) is 5.84 Å². The third kappa shape index (κ3) is 2.56. The van der Waals surface area contributed by atoms with E-state index in [9.17, 15) is 0 Å². The molecule has 3 N–H and O–H groups in total. The number of hydrazine groups is 1. The maximum absolute atomic E-state index is 5.30. The van der Waals surface area contributed by atoms with Gasteiger partial charge in [-0.1, -0.05) is 0 Å². The fraction of sp³-hybridized carbons (Fsp3) is 0.600. The van der Waals surface area contributed by atoms with Gasteiger partial charge in [0, 0.05) is 13.1 Å². The van der Waals surface area contributed by atoms with E-state index < -0.39 is 0 Å². The van der Waals surface area contributed by atoms with Crippen LogP contribution in [0.4, 0.5) is 11.6 Å². The third-order valence-corrected chi connectivity index (χ3v) is 2.65. The van der Waals surface area contributed by atoms with Gasteiger partial charge in [-0.2, -0.15) is 0 Å². The minimum atomic E-state index is 0.613. The molecule has 2 rings (SSSR count). The van der Waals surface area contributed by atoms with Crippen LogP contribution in [0.1, 0.15) is 19.8 Å². The molecule has 0 aromatic carbocycles. The van der Waals surface area contributed by atoms with Crippen molar-refractivity contribution < 1.29 is 0 Å². The van der Waals surface area contributed by atoms with Crippen molar-refractivity contribution in [3.8, 4) is 0 Å². The lowest BCUT2D eigenvalue weighted by molar-refractivity contribution is 0.730. The lowest BCUT2D eigenvalue weighted by Gasteiger charge is -2.21. The van der Waals surface area contributed by atoms with E-state index in [1.165, 1.54) is 12.8 Å². The molecule has 0 saturated heterocycles. The molecule has 1 aliphatic carbocycles. The van der Waals surface area contributed by atoms with E-state index >= 15 is 0 Å². The van der Waals surface area contributed by atoms with E-state index in [-0.39, 0.29) is 0 Å². The van der Waals surface area contributed by atoms with Crippen molar-refractivity contribution in [1.82, 2.24) is 9.97 Å². The first kappa shape index (κ1) is 10.2. The largest absolute Gasteiger partial charge is 0.355 e. The second kappa shape index (κ2) is 4.44. The van der Waals surface area contributed by atoms with Crippen molar-refractivity contribution in [2.45, 2.75) is 19.8 Å². The maximum Gasteiger partial charge on any atom is 0.160 e. The monoisotopic (exact) mass is 207 g/mol. The summed E-state index contributed by atoms with van der Waals surface area (Å²) in [5.74, 6) is 7.67. The van der Waals surface area contributed by atoms with Crippen LogP contribution in [-0.2, 0) is 0 Å². The Bertz CT molecular complexity index is 323. The van der Waals surface area contributed by atoms with Crippen LogP contribution < -0.4 is 16.2 Å². The van der Waals surface area contributed by atoms with Crippen molar-refractivity contribution in [2.75, 3.05) is 23.4 Å². The number of nitrogens with one attached hydrogen (secondary N) is 1. The predicted molar refractivity (Wildman–Crippen MR) is 60.5 cm³/mol. The Balaban J connectivity index is 2.09. The third-order valence-electron chi connectivity index (χ3n) is 2.65. The standard InChI is InChI=1S/C10H17N5/c1-2-15(7-8-3-4-8)10-6-12-5-9(13-10)14-11/h5-6,8H,2-4,7,11H2,1H3,(H,13,14). The highest BCUT2D eigenvalue weighted by Gasteiger charge is 2.24. The van der Waals surface area contributed by atoms with Crippen LogP contribution in [-0.4, -0.2) is 23.1 Å². The second-order valence-electron chi connectivity index (χ2n) is 3.89. The highest BCUT2D eigenvalue weighted by Crippen LogP contribution is 2.30. The molecule has 0 aliphatic heterocycles. The van der Waals surface area contributed by atoms with E-state index in [1.807, 2.05) is 0 Å². The van der Waals surface area contributed by atoms with Crippen molar-refractivity contribution in [1.29, 1.82) is 0 Å². The molecule has 5 heteroatoms. The molecule has 0 unspecified atom stereocenters. The Morgan fingerprint density at radius 1 is 1.53 bits per heavy atom. The van der Waals surface area contributed by atoms with Crippen LogP contribution >= 0.6 is 0 Å². The van der Waals surface area contributed by atoms with E-state index in [1.54, 1.807) is 12.4 Å². The van der Waals surface area contributed by atoms with Crippen LogP contribution in [0.3, 0.4) is 0 Å². The quantitative estimate of drug-likeness (QED) is 0.557. The highest BCUT2D eigenvalue weighted by atomic mass is 15.3. The first-order valence-electron chi connectivity index (χ1n) is 5.37. The minimum Gasteiger partial charge on any atom is -0.355 e. The predicted octanol–water partition coefficient (Wildman–Crippen LogP) is 0.998. The van der Waals surface area contributed by atoms with Gasteiger partial charge in [0.2, 0.25) is 0 Å². The van der Waals surface area contributed by atoms with Gasteiger partial charge in [0.1, 0.15) is 5.82 Å². The van der Waals surface area contributed by atoms with E-state index in [0.29, 0.717) is 5.82 Å². The Morgan fingerprint density at radius 2 is 2.33 bits per heavy atom. The van der Waals surface area contributed by atoms with Crippen LogP contribution in [0.25, 0.3) is 0 Å². The molecule has 0 radical (unpaired) electrons. The molecule has 1 fully saturated rings. The number of anilines is 2. The second-order valence-corrected chi connectivity index (χ2v) is 3.89. The minimum absolute atomic E-state index is 0.613. The molecule has 1 aliphatic rings. The van der Waals surface area contributed by atoms with Crippen LogP contribution in [0.5, 0.6) is 0 Å². The number of hydrogen-bond acceptors (Lipinski definition) is 5. The summed E-state index contributed by atoms with van der Waals surface area (Å²) in [6, 6.07) is 0. The van der Waals surface area contributed by atoms with Crippen molar-refractivity contribution >= 4 is 11.6 Å². The Kier molecular flexibility index (Phi) is 3.01. The lowest BCUT2D eigenvalue weighted by atomic mass is 10.3. The van der Waals surface area contributed by atoms with Gasteiger partial charge in [-0.3, -0.25) is 4.98 Å². The molecule has 1 aromatic rings. The van der Waals surface area contributed by atoms with E-state index in [2.05, 4.69) is 27.2 Å². The molecule has 1 saturated carbocycles. The van der Waals surface area contributed by atoms with Crippen LogP contribution in [0.2, 0.25) is 0 Å². The average molecular weight is 207 g/mol. The summed E-state index contributed by atoms with van der Waals surface area (Å²) in [4.78, 5) is 10.7. The summed E-state index contributed by atoms with van der Waals surface area (Å²) in [7, 11) is 0. The van der Waals surface area contributed by atoms with Gasteiger partial charge >= 0.3 is 0 Å². The zero-order chi connectivity index (χ0) is 10.7.